The van der Waals surface area contributed by atoms with E-state index in [4.69, 9.17) is 4.42 Å². The van der Waals surface area contributed by atoms with E-state index in [0.29, 0.717) is 18.0 Å². The number of hydrogen-bond acceptors (Lipinski definition) is 5. The molecular formula is C27H27N3O3S. The Labute approximate surface area is 203 Å². The van der Waals surface area contributed by atoms with Gasteiger partial charge < -0.3 is 15.1 Å². The van der Waals surface area contributed by atoms with Gasteiger partial charge in [-0.2, -0.15) is 0 Å². The fourth-order valence-corrected chi connectivity index (χ4v) is 4.33. The Bertz CT molecular complexity index is 1250. The van der Waals surface area contributed by atoms with Crippen molar-refractivity contribution in [3.05, 3.63) is 72.8 Å². The number of nitrogens with zero attached hydrogens (tertiary/aromatic N) is 1. The van der Waals surface area contributed by atoms with Crippen LogP contribution in [0.25, 0.3) is 22.6 Å². The second-order valence-corrected chi connectivity index (χ2v) is 9.41. The first-order valence-corrected chi connectivity index (χ1v) is 12.2. The highest BCUT2D eigenvalue weighted by Gasteiger charge is 2.16. The van der Waals surface area contributed by atoms with Gasteiger partial charge in [-0.05, 0) is 67.9 Å². The zero-order valence-corrected chi connectivity index (χ0v) is 20.0. The topological polar surface area (TPSA) is 84.2 Å². The van der Waals surface area contributed by atoms with Gasteiger partial charge >= 0.3 is 0 Å². The molecule has 4 rings (SSSR count). The molecule has 1 unspecified atom stereocenters. The lowest BCUT2D eigenvalue weighted by molar-refractivity contribution is -0.116. The summed E-state index contributed by atoms with van der Waals surface area (Å²) in [6.07, 6.45) is 2.36. The Kier molecular flexibility index (Phi) is 7.65. The van der Waals surface area contributed by atoms with E-state index in [1.807, 2.05) is 79.7 Å². The standard InChI is InChI=1S/C27H27N3O3S/c1-3-4-12-25(31)28-21-8-7-9-22(17-21)34-18(2)26(32)29-20-15-13-19(14-16-20)27-30-23-10-5-6-11-24(23)33-27/h5-11,13-18H,3-4,12H2,1-2H3,(H,28,31)(H,29,32). The van der Waals surface area contributed by atoms with Crippen molar-refractivity contribution in [2.45, 2.75) is 43.3 Å². The predicted molar refractivity (Wildman–Crippen MR) is 138 cm³/mol. The van der Waals surface area contributed by atoms with Crippen LogP contribution in [0.5, 0.6) is 0 Å². The van der Waals surface area contributed by atoms with Crippen molar-refractivity contribution in [1.82, 2.24) is 4.98 Å². The molecule has 174 valence electrons. The van der Waals surface area contributed by atoms with E-state index in [1.165, 1.54) is 11.8 Å². The molecule has 7 heteroatoms. The maximum atomic E-state index is 12.7. The lowest BCUT2D eigenvalue weighted by atomic mass is 10.2. The van der Waals surface area contributed by atoms with Crippen LogP contribution in [0.1, 0.15) is 33.1 Å². The molecule has 1 atom stereocenters. The predicted octanol–water partition coefficient (Wildman–Crippen LogP) is 6.74. The van der Waals surface area contributed by atoms with Gasteiger partial charge in [-0.15, -0.1) is 11.8 Å². The Morgan fingerprint density at radius 1 is 0.971 bits per heavy atom. The summed E-state index contributed by atoms with van der Waals surface area (Å²) in [6.45, 7) is 3.92. The number of carbonyl (C=O) groups excluding carboxylic acids is 2. The van der Waals surface area contributed by atoms with Crippen molar-refractivity contribution in [3.63, 3.8) is 0 Å². The van der Waals surface area contributed by atoms with E-state index in [9.17, 15) is 9.59 Å². The zero-order chi connectivity index (χ0) is 23.9. The van der Waals surface area contributed by atoms with E-state index in [2.05, 4.69) is 22.5 Å². The van der Waals surface area contributed by atoms with Crippen molar-refractivity contribution < 1.29 is 14.0 Å². The minimum atomic E-state index is -0.317. The molecule has 3 aromatic carbocycles. The summed E-state index contributed by atoms with van der Waals surface area (Å²) < 4.78 is 5.80. The molecule has 0 saturated heterocycles. The minimum absolute atomic E-state index is 0.0103. The number of amides is 2. The maximum Gasteiger partial charge on any atom is 0.237 e. The molecule has 2 amide bonds. The van der Waals surface area contributed by atoms with Crippen LogP contribution in [0, 0.1) is 0 Å². The zero-order valence-electron chi connectivity index (χ0n) is 19.2. The van der Waals surface area contributed by atoms with Crippen molar-refractivity contribution in [2.24, 2.45) is 0 Å². The molecule has 0 radical (unpaired) electrons. The van der Waals surface area contributed by atoms with Crippen LogP contribution in [-0.4, -0.2) is 22.0 Å². The highest BCUT2D eigenvalue weighted by Crippen LogP contribution is 2.28. The van der Waals surface area contributed by atoms with E-state index < -0.39 is 0 Å². The number of anilines is 2. The van der Waals surface area contributed by atoms with E-state index in [1.54, 1.807) is 0 Å². The van der Waals surface area contributed by atoms with Gasteiger partial charge in [0.05, 0.1) is 5.25 Å². The fourth-order valence-electron chi connectivity index (χ4n) is 3.40. The molecule has 0 aliphatic rings. The third-order valence-corrected chi connectivity index (χ3v) is 6.34. The second kappa shape index (κ2) is 11.0. The summed E-state index contributed by atoms with van der Waals surface area (Å²) in [5, 5.41) is 5.56. The summed E-state index contributed by atoms with van der Waals surface area (Å²) in [7, 11) is 0. The van der Waals surface area contributed by atoms with Crippen LogP contribution in [0.15, 0.2) is 82.1 Å². The second-order valence-electron chi connectivity index (χ2n) is 7.99. The molecule has 34 heavy (non-hydrogen) atoms. The monoisotopic (exact) mass is 473 g/mol. The quantitative estimate of drug-likeness (QED) is 0.263. The SMILES string of the molecule is CCCCC(=O)Nc1cccc(SC(C)C(=O)Nc2ccc(-c3nc4ccccc4o3)cc2)c1. The number of aromatic nitrogens is 1. The Morgan fingerprint density at radius 2 is 1.76 bits per heavy atom. The molecule has 4 aromatic rings. The summed E-state index contributed by atoms with van der Waals surface area (Å²) in [4.78, 5) is 30.1. The van der Waals surface area contributed by atoms with Crippen LogP contribution in [0.3, 0.4) is 0 Å². The van der Waals surface area contributed by atoms with Crippen molar-refractivity contribution in [1.29, 1.82) is 0 Å². The van der Waals surface area contributed by atoms with Crippen LogP contribution in [0.2, 0.25) is 0 Å². The number of nitrogens with one attached hydrogen (secondary N) is 2. The van der Waals surface area contributed by atoms with Gasteiger partial charge in [0.2, 0.25) is 17.7 Å². The molecular weight excluding hydrogens is 446 g/mol. The van der Waals surface area contributed by atoms with Crippen LogP contribution in [0.4, 0.5) is 11.4 Å². The Morgan fingerprint density at radius 3 is 2.53 bits per heavy atom. The summed E-state index contributed by atoms with van der Waals surface area (Å²) >= 11 is 1.44. The highest BCUT2D eigenvalue weighted by molar-refractivity contribution is 8.00. The number of hydrogen-bond donors (Lipinski definition) is 2. The van der Waals surface area contributed by atoms with Crippen LogP contribution in [-0.2, 0) is 9.59 Å². The van der Waals surface area contributed by atoms with Gasteiger partial charge in [0, 0.05) is 28.3 Å². The number of oxazole rings is 1. The molecule has 2 N–H and O–H groups in total. The molecule has 1 heterocycles. The average molecular weight is 474 g/mol. The number of unbranched alkanes of at least 4 members (excludes halogenated alkanes) is 1. The first kappa shape index (κ1) is 23.6. The summed E-state index contributed by atoms with van der Waals surface area (Å²) in [5.74, 6) is 0.456. The molecule has 0 spiro atoms. The third-order valence-electron chi connectivity index (χ3n) is 5.25. The van der Waals surface area contributed by atoms with Gasteiger partial charge in [-0.3, -0.25) is 9.59 Å². The van der Waals surface area contributed by atoms with Gasteiger partial charge in [0.15, 0.2) is 5.58 Å². The van der Waals surface area contributed by atoms with Crippen molar-refractivity contribution >= 4 is 46.1 Å². The maximum absolute atomic E-state index is 12.7. The molecule has 0 aliphatic carbocycles. The number of benzene rings is 3. The van der Waals surface area contributed by atoms with E-state index in [-0.39, 0.29) is 17.1 Å². The number of thioether (sulfide) groups is 1. The lowest BCUT2D eigenvalue weighted by Crippen LogP contribution is -2.22. The van der Waals surface area contributed by atoms with Crippen LogP contribution < -0.4 is 10.6 Å². The Balaban J connectivity index is 1.34. The summed E-state index contributed by atoms with van der Waals surface area (Å²) in [6, 6.07) is 22.6. The average Bonchev–Trinajstić information content (AvgIpc) is 3.28. The lowest BCUT2D eigenvalue weighted by Gasteiger charge is -2.13. The normalized spacial score (nSPS) is 11.8. The van der Waals surface area contributed by atoms with Crippen LogP contribution >= 0.6 is 11.8 Å². The fraction of sp³-hybridized carbons (Fsp3) is 0.222. The molecule has 0 aliphatic heterocycles. The number of para-hydroxylation sites is 2. The summed E-state index contributed by atoms with van der Waals surface area (Å²) in [5.41, 5.74) is 3.84. The molecule has 6 nitrogen and oxygen atoms in total. The van der Waals surface area contributed by atoms with Gasteiger partial charge in [0.25, 0.3) is 0 Å². The first-order chi connectivity index (χ1) is 16.5. The molecule has 0 bridgehead atoms. The number of rotatable bonds is 9. The van der Waals surface area contributed by atoms with Crippen molar-refractivity contribution in [2.75, 3.05) is 10.6 Å². The van der Waals surface area contributed by atoms with Gasteiger partial charge in [-0.1, -0.05) is 31.5 Å². The first-order valence-electron chi connectivity index (χ1n) is 11.4. The molecule has 1 aromatic heterocycles. The van der Waals surface area contributed by atoms with Crippen molar-refractivity contribution in [3.8, 4) is 11.5 Å². The molecule has 0 saturated carbocycles. The Hall–Kier alpha value is -3.58. The number of carbonyl (C=O) groups is 2. The minimum Gasteiger partial charge on any atom is -0.436 e. The van der Waals surface area contributed by atoms with E-state index in [0.717, 1.165) is 40.1 Å². The largest absolute Gasteiger partial charge is 0.436 e. The van der Waals surface area contributed by atoms with Gasteiger partial charge in [0.1, 0.15) is 5.52 Å². The molecule has 0 fully saturated rings. The number of fused-ring (bicyclic) bond motifs is 1. The highest BCUT2D eigenvalue weighted by atomic mass is 32.2. The smallest absolute Gasteiger partial charge is 0.237 e. The van der Waals surface area contributed by atoms with Gasteiger partial charge in [-0.25, -0.2) is 4.98 Å². The van der Waals surface area contributed by atoms with E-state index >= 15 is 0 Å². The third kappa shape index (κ3) is 6.05.